The summed E-state index contributed by atoms with van der Waals surface area (Å²) < 4.78 is 14.0. The number of rotatable bonds is 1. The van der Waals surface area contributed by atoms with E-state index in [-0.39, 0.29) is 11.1 Å². The van der Waals surface area contributed by atoms with Crippen LogP contribution in [0.2, 0.25) is 0 Å². The maximum atomic E-state index is 13.5. The van der Waals surface area contributed by atoms with Crippen LogP contribution in [0.5, 0.6) is 0 Å². The molecule has 0 atom stereocenters. The van der Waals surface area contributed by atoms with E-state index < -0.39 is 24.6 Å². The monoisotopic (exact) mass is 317 g/mol. The van der Waals surface area contributed by atoms with Crippen LogP contribution in [0.15, 0.2) is 18.2 Å². The van der Waals surface area contributed by atoms with Crippen molar-refractivity contribution in [3.63, 3.8) is 0 Å². The van der Waals surface area contributed by atoms with Crippen LogP contribution in [0, 0.1) is 5.82 Å². The topological polar surface area (TPSA) is 37.4 Å². The average molecular weight is 319 g/mol. The van der Waals surface area contributed by atoms with Gasteiger partial charge in [0.1, 0.15) is 5.82 Å². The number of carbonyl (C=O) groups is 2. The van der Waals surface area contributed by atoms with E-state index in [0.29, 0.717) is 4.31 Å². The summed E-state index contributed by atoms with van der Waals surface area (Å²) in [5.41, 5.74) is -0.414. The predicted octanol–water partition coefficient (Wildman–Crippen LogP) is 3.50. The number of hydrogen-bond acceptors (Lipinski definition) is 2. The van der Waals surface area contributed by atoms with E-state index in [0.717, 1.165) is 6.07 Å². The van der Waals surface area contributed by atoms with Crippen molar-refractivity contribution in [1.29, 1.82) is 0 Å². The first kappa shape index (κ1) is 13.0. The maximum absolute atomic E-state index is 13.5. The first-order valence-corrected chi connectivity index (χ1v) is 9.79. The third kappa shape index (κ3) is 2.01. The molecule has 0 bridgehead atoms. The summed E-state index contributed by atoms with van der Waals surface area (Å²) in [4.78, 5) is 23.9. The lowest BCUT2D eigenvalue weighted by Crippen LogP contribution is -2.32. The molecule has 1 heterocycles. The zero-order chi connectivity index (χ0) is 13.0. The SMILES string of the molecule is C[SH](Cl)(Cl)(Cl)N1C(=O)c2cccc(F)c2C1=O. The summed E-state index contributed by atoms with van der Waals surface area (Å²) in [7, 11) is 17.6. The van der Waals surface area contributed by atoms with Crippen LogP contribution in [0.25, 0.3) is 0 Å². The lowest BCUT2D eigenvalue weighted by molar-refractivity contribution is 0.0773. The van der Waals surface area contributed by atoms with Crippen molar-refractivity contribution in [2.45, 2.75) is 0 Å². The molecule has 0 spiro atoms. The zero-order valence-electron chi connectivity index (χ0n) is 8.45. The second-order valence-electron chi connectivity index (χ2n) is 3.71. The van der Waals surface area contributed by atoms with E-state index in [9.17, 15) is 14.0 Å². The van der Waals surface area contributed by atoms with Crippen molar-refractivity contribution in [3.8, 4) is 0 Å². The zero-order valence-corrected chi connectivity index (χ0v) is 11.6. The Morgan fingerprint density at radius 2 is 1.76 bits per heavy atom. The Hall–Kier alpha value is -0.490. The third-order valence-corrected chi connectivity index (χ3v) is 4.85. The minimum absolute atomic E-state index is 0.0761. The van der Waals surface area contributed by atoms with E-state index in [1.54, 1.807) is 0 Å². The summed E-state index contributed by atoms with van der Waals surface area (Å²) in [6, 6.07) is 3.73. The van der Waals surface area contributed by atoms with Crippen LogP contribution >= 0.6 is 39.0 Å². The lowest BCUT2D eigenvalue weighted by atomic mass is 10.1. The Bertz CT molecular complexity index is 546. The van der Waals surface area contributed by atoms with Crippen LogP contribution in [-0.4, -0.2) is 22.4 Å². The Morgan fingerprint density at radius 3 is 2.24 bits per heavy atom. The standard InChI is InChI=1S/C9H7Cl3FNO2S/c1-17(10,11,12)14-8(15)5-3-2-4-6(13)7(5)9(14)16/h2-4,17H,1H3. The number of benzene rings is 1. The van der Waals surface area contributed by atoms with E-state index in [4.69, 9.17) is 32.0 Å². The van der Waals surface area contributed by atoms with Gasteiger partial charge in [-0.2, -0.15) is 0 Å². The van der Waals surface area contributed by atoms with Gasteiger partial charge in [0.2, 0.25) is 0 Å². The maximum Gasteiger partial charge on any atom is 0.274 e. The molecule has 1 aliphatic rings. The van der Waals surface area contributed by atoms with Gasteiger partial charge in [0, 0.05) is 6.26 Å². The Morgan fingerprint density at radius 1 is 1.18 bits per heavy atom. The summed E-state index contributed by atoms with van der Waals surface area (Å²) in [5.74, 6) is -2.47. The van der Waals surface area contributed by atoms with Crippen molar-refractivity contribution >= 4 is 50.8 Å². The van der Waals surface area contributed by atoms with E-state index in [1.807, 2.05) is 0 Å². The molecule has 3 nitrogen and oxygen atoms in total. The van der Waals surface area contributed by atoms with Gasteiger partial charge in [-0.25, -0.2) is 8.70 Å². The molecule has 0 saturated heterocycles. The Kier molecular flexibility index (Phi) is 2.67. The van der Waals surface area contributed by atoms with Crippen molar-refractivity contribution in [2.75, 3.05) is 6.26 Å². The summed E-state index contributed by atoms with van der Waals surface area (Å²) in [5, 5.41) is 0. The highest BCUT2D eigenvalue weighted by molar-refractivity contribution is 8.90. The molecule has 1 aromatic carbocycles. The number of nitrogens with zero attached hydrogens (tertiary/aromatic N) is 1. The fourth-order valence-corrected chi connectivity index (χ4v) is 3.84. The summed E-state index contributed by atoms with van der Waals surface area (Å²) >= 11 is 0. The van der Waals surface area contributed by atoms with Crippen molar-refractivity contribution < 1.29 is 14.0 Å². The average Bonchev–Trinajstić information content (AvgIpc) is 2.38. The van der Waals surface area contributed by atoms with Crippen molar-refractivity contribution in [2.24, 2.45) is 0 Å². The van der Waals surface area contributed by atoms with Gasteiger partial charge < -0.3 is 0 Å². The minimum Gasteiger partial charge on any atom is -0.268 e. The molecule has 0 aliphatic carbocycles. The van der Waals surface area contributed by atoms with Gasteiger partial charge >= 0.3 is 0 Å². The molecule has 0 radical (unpaired) electrons. The molecule has 1 aliphatic heterocycles. The van der Waals surface area contributed by atoms with Gasteiger partial charge in [-0.05, 0) is 51.2 Å². The normalized spacial score (nSPS) is 17.9. The van der Waals surface area contributed by atoms with Gasteiger partial charge in [-0.3, -0.25) is 9.59 Å². The molecular weight excluding hydrogens is 312 g/mol. The van der Waals surface area contributed by atoms with Crippen LogP contribution in [-0.2, 0) is 0 Å². The quantitative estimate of drug-likeness (QED) is 0.635. The molecule has 17 heavy (non-hydrogen) atoms. The summed E-state index contributed by atoms with van der Waals surface area (Å²) in [6.07, 6.45) is 1.19. The summed E-state index contributed by atoms with van der Waals surface area (Å²) in [6.45, 7) is -4.16. The van der Waals surface area contributed by atoms with Gasteiger partial charge in [-0.15, -0.1) is 0 Å². The molecule has 0 aromatic heterocycles. The largest absolute Gasteiger partial charge is 0.274 e. The smallest absolute Gasteiger partial charge is 0.268 e. The number of amides is 2. The molecule has 94 valence electrons. The highest BCUT2D eigenvalue weighted by atomic mass is 36.2. The van der Waals surface area contributed by atoms with E-state index in [2.05, 4.69) is 0 Å². The number of thiol groups is 1. The molecule has 8 heteroatoms. The van der Waals surface area contributed by atoms with E-state index in [1.165, 1.54) is 18.4 Å². The van der Waals surface area contributed by atoms with Crippen LogP contribution in [0.1, 0.15) is 20.7 Å². The number of hydrogen-bond donors (Lipinski definition) is 1. The van der Waals surface area contributed by atoms with Gasteiger partial charge in [0.05, 0.1) is 11.1 Å². The molecular formula is C9H7Cl3FNO2S. The minimum atomic E-state index is -4.16. The lowest BCUT2D eigenvalue weighted by Gasteiger charge is -2.45. The second kappa shape index (κ2) is 3.51. The number of fused-ring (bicyclic) bond motifs is 1. The molecule has 0 unspecified atom stereocenters. The van der Waals surface area contributed by atoms with Crippen LogP contribution in [0.3, 0.4) is 0 Å². The van der Waals surface area contributed by atoms with Gasteiger partial charge in [0.25, 0.3) is 11.8 Å². The molecule has 0 saturated carbocycles. The predicted molar refractivity (Wildman–Crippen MR) is 69.4 cm³/mol. The second-order valence-corrected chi connectivity index (χ2v) is 15.4. The first-order valence-electron chi connectivity index (χ1n) is 4.44. The van der Waals surface area contributed by atoms with Gasteiger partial charge in [-0.1, -0.05) is 6.07 Å². The fourth-order valence-electron chi connectivity index (χ4n) is 1.62. The Balaban J connectivity index is 2.66. The third-order valence-electron chi connectivity index (χ3n) is 2.27. The van der Waals surface area contributed by atoms with Gasteiger partial charge in [0.15, 0.2) is 0 Å². The molecule has 1 aromatic rings. The van der Waals surface area contributed by atoms with Crippen molar-refractivity contribution in [1.82, 2.24) is 4.31 Å². The highest BCUT2D eigenvalue weighted by Gasteiger charge is 2.49. The highest BCUT2D eigenvalue weighted by Crippen LogP contribution is 2.83. The van der Waals surface area contributed by atoms with Crippen LogP contribution < -0.4 is 0 Å². The van der Waals surface area contributed by atoms with Crippen molar-refractivity contribution in [3.05, 3.63) is 35.1 Å². The Labute approximate surface area is 110 Å². The number of carbonyl (C=O) groups excluding carboxylic acids is 2. The first-order chi connectivity index (χ1) is 7.60. The molecule has 2 rings (SSSR count). The number of imide groups is 1. The number of halogens is 4. The molecule has 0 N–H and O–H groups in total. The molecule has 2 amide bonds. The van der Waals surface area contributed by atoms with Crippen LogP contribution in [0.4, 0.5) is 4.39 Å². The van der Waals surface area contributed by atoms with E-state index >= 15 is 0 Å². The fraction of sp³-hybridized carbons (Fsp3) is 0.111. The molecule has 0 fully saturated rings.